The molecule has 1 aromatic carbocycles. The van der Waals surface area contributed by atoms with Crippen LogP contribution >= 0.6 is 0 Å². The summed E-state index contributed by atoms with van der Waals surface area (Å²) >= 11 is 0. The van der Waals surface area contributed by atoms with E-state index in [0.29, 0.717) is 0 Å². The maximum absolute atomic E-state index is 13.5. The third-order valence-corrected chi connectivity index (χ3v) is 5.30. The van der Waals surface area contributed by atoms with Crippen molar-refractivity contribution >= 4 is 5.91 Å². The summed E-state index contributed by atoms with van der Waals surface area (Å²) in [6, 6.07) is 5.28. The van der Waals surface area contributed by atoms with Gasteiger partial charge in [0, 0.05) is 33.1 Å². The van der Waals surface area contributed by atoms with Crippen LogP contribution in [0, 0.1) is 12.7 Å². The lowest BCUT2D eigenvalue weighted by atomic mass is 9.92. The van der Waals surface area contributed by atoms with Gasteiger partial charge in [0.05, 0.1) is 6.04 Å². The molecule has 0 saturated carbocycles. The minimum absolute atomic E-state index is 0.168. The van der Waals surface area contributed by atoms with E-state index < -0.39 is 0 Å². The zero-order valence-electron chi connectivity index (χ0n) is 14.7. The molecule has 24 heavy (non-hydrogen) atoms. The topological polar surface area (TPSA) is 23.6 Å². The van der Waals surface area contributed by atoms with E-state index in [1.165, 1.54) is 18.1 Å². The van der Waals surface area contributed by atoms with E-state index in [4.69, 9.17) is 0 Å². The second-order valence-electron chi connectivity index (χ2n) is 7.07. The van der Waals surface area contributed by atoms with Crippen LogP contribution in [0.3, 0.4) is 0 Å². The van der Waals surface area contributed by atoms with Crippen LogP contribution in [0.1, 0.15) is 43.7 Å². The zero-order chi connectivity index (χ0) is 17.1. The van der Waals surface area contributed by atoms with Crippen LogP contribution in [0.4, 0.5) is 4.39 Å². The number of halogens is 1. The van der Waals surface area contributed by atoms with Gasteiger partial charge in [0.25, 0.3) is 0 Å². The van der Waals surface area contributed by atoms with Gasteiger partial charge in [-0.25, -0.2) is 4.39 Å². The molecule has 0 radical (unpaired) electrons. The molecule has 1 saturated heterocycles. The Kier molecular flexibility index (Phi) is 5.34. The number of nitrogens with zero attached hydrogens (tertiary/aromatic N) is 2. The molecule has 3 rings (SSSR count). The average Bonchev–Trinajstić information content (AvgIpc) is 2.58. The summed E-state index contributed by atoms with van der Waals surface area (Å²) in [6.45, 7) is 7.23. The first kappa shape index (κ1) is 17.2. The summed E-state index contributed by atoms with van der Waals surface area (Å²) in [6.07, 6.45) is 6.69. The highest BCUT2D eigenvalue weighted by atomic mass is 19.1. The van der Waals surface area contributed by atoms with Crippen molar-refractivity contribution in [3.05, 3.63) is 46.8 Å². The Labute approximate surface area is 144 Å². The number of amides is 1. The number of rotatable bonds is 3. The van der Waals surface area contributed by atoms with E-state index in [0.717, 1.165) is 56.6 Å². The van der Waals surface area contributed by atoms with Gasteiger partial charge in [0.15, 0.2) is 0 Å². The van der Waals surface area contributed by atoms with Gasteiger partial charge < -0.3 is 4.90 Å². The van der Waals surface area contributed by atoms with E-state index in [1.54, 1.807) is 13.0 Å². The Bertz CT molecular complexity index is 641. The van der Waals surface area contributed by atoms with Gasteiger partial charge in [0.1, 0.15) is 5.82 Å². The van der Waals surface area contributed by atoms with Crippen LogP contribution in [-0.2, 0) is 11.3 Å². The molecular weight excluding hydrogens is 303 g/mol. The van der Waals surface area contributed by atoms with Crippen LogP contribution in [-0.4, -0.2) is 41.4 Å². The normalized spacial score (nSPS) is 22.4. The predicted octanol–water partition coefficient (Wildman–Crippen LogP) is 3.67. The van der Waals surface area contributed by atoms with Crippen molar-refractivity contribution in [3.63, 3.8) is 0 Å². The van der Waals surface area contributed by atoms with Crippen molar-refractivity contribution < 1.29 is 9.18 Å². The standard InChI is InChI=1S/C20H27FN2O/c1-15-8-9-19(21)12-18(15)14-22-10-5-6-17(13-22)20-7-3-4-11-23(20)16(2)24/h6,8-9,12,20H,3-5,7,10-11,13-14H2,1-2H3/t20-/m1/s1. The molecule has 3 nitrogen and oxygen atoms in total. The Morgan fingerprint density at radius 3 is 2.92 bits per heavy atom. The number of carbonyl (C=O) groups is 1. The van der Waals surface area contributed by atoms with Crippen molar-refractivity contribution in [1.29, 1.82) is 0 Å². The van der Waals surface area contributed by atoms with Gasteiger partial charge in [-0.05, 0) is 61.4 Å². The molecule has 0 N–H and O–H groups in total. The van der Waals surface area contributed by atoms with Gasteiger partial charge in [0.2, 0.25) is 5.91 Å². The van der Waals surface area contributed by atoms with Crippen LogP contribution < -0.4 is 0 Å². The number of hydrogen-bond donors (Lipinski definition) is 0. The lowest BCUT2D eigenvalue weighted by Gasteiger charge is -2.40. The predicted molar refractivity (Wildman–Crippen MR) is 94.1 cm³/mol. The lowest BCUT2D eigenvalue weighted by Crippen LogP contribution is -2.46. The van der Waals surface area contributed by atoms with Crippen LogP contribution in [0.15, 0.2) is 29.8 Å². The van der Waals surface area contributed by atoms with Gasteiger partial charge in [-0.3, -0.25) is 9.69 Å². The molecule has 130 valence electrons. The molecule has 1 aromatic rings. The molecule has 1 fully saturated rings. The van der Waals surface area contributed by atoms with Crippen molar-refractivity contribution in [2.45, 2.75) is 52.1 Å². The highest BCUT2D eigenvalue weighted by Crippen LogP contribution is 2.27. The Hall–Kier alpha value is -1.68. The Morgan fingerprint density at radius 1 is 1.29 bits per heavy atom. The fourth-order valence-electron chi connectivity index (χ4n) is 3.96. The number of benzene rings is 1. The smallest absolute Gasteiger partial charge is 0.219 e. The number of aryl methyl sites for hydroxylation is 1. The largest absolute Gasteiger partial charge is 0.336 e. The SMILES string of the molecule is CC(=O)N1CCCC[C@@H]1C1=CCCN(Cc2cc(F)ccc2C)C1. The molecule has 1 amide bonds. The van der Waals surface area contributed by atoms with Crippen molar-refractivity contribution in [1.82, 2.24) is 9.80 Å². The Morgan fingerprint density at radius 2 is 2.12 bits per heavy atom. The second-order valence-corrected chi connectivity index (χ2v) is 7.07. The zero-order valence-corrected chi connectivity index (χ0v) is 14.7. The summed E-state index contributed by atoms with van der Waals surface area (Å²) in [5.41, 5.74) is 3.56. The fourth-order valence-corrected chi connectivity index (χ4v) is 3.96. The summed E-state index contributed by atoms with van der Waals surface area (Å²) in [5, 5.41) is 0. The van der Waals surface area contributed by atoms with E-state index in [9.17, 15) is 9.18 Å². The molecule has 0 spiro atoms. The minimum atomic E-state index is -0.168. The van der Waals surface area contributed by atoms with Gasteiger partial charge >= 0.3 is 0 Å². The quantitative estimate of drug-likeness (QED) is 0.790. The second kappa shape index (κ2) is 7.47. The molecule has 2 aliphatic rings. The molecule has 0 aromatic heterocycles. The highest BCUT2D eigenvalue weighted by Gasteiger charge is 2.29. The average molecular weight is 330 g/mol. The number of likely N-dealkylation sites (tertiary alicyclic amines) is 1. The molecule has 2 heterocycles. The first-order valence-electron chi connectivity index (χ1n) is 8.98. The first-order valence-corrected chi connectivity index (χ1v) is 8.98. The van der Waals surface area contributed by atoms with E-state index in [-0.39, 0.29) is 17.8 Å². The summed E-state index contributed by atoms with van der Waals surface area (Å²) in [7, 11) is 0. The maximum atomic E-state index is 13.5. The van der Waals surface area contributed by atoms with Gasteiger partial charge in [-0.1, -0.05) is 12.1 Å². The summed E-state index contributed by atoms with van der Waals surface area (Å²) in [4.78, 5) is 16.4. The Balaban J connectivity index is 1.70. The molecule has 0 unspecified atom stereocenters. The van der Waals surface area contributed by atoms with Crippen molar-refractivity contribution in [2.75, 3.05) is 19.6 Å². The maximum Gasteiger partial charge on any atom is 0.219 e. The number of hydrogen-bond acceptors (Lipinski definition) is 2. The first-order chi connectivity index (χ1) is 11.5. The fraction of sp³-hybridized carbons (Fsp3) is 0.550. The minimum Gasteiger partial charge on any atom is -0.336 e. The summed E-state index contributed by atoms with van der Waals surface area (Å²) in [5.74, 6) is 0.0112. The van der Waals surface area contributed by atoms with Gasteiger partial charge in [-0.2, -0.15) is 0 Å². The third-order valence-electron chi connectivity index (χ3n) is 5.30. The molecular formula is C20H27FN2O. The third kappa shape index (κ3) is 3.86. The molecule has 2 aliphatic heterocycles. The van der Waals surface area contributed by atoms with Crippen LogP contribution in [0.2, 0.25) is 0 Å². The van der Waals surface area contributed by atoms with E-state index in [1.807, 2.05) is 17.9 Å². The van der Waals surface area contributed by atoms with Crippen LogP contribution in [0.25, 0.3) is 0 Å². The molecule has 4 heteroatoms. The highest BCUT2D eigenvalue weighted by molar-refractivity contribution is 5.74. The van der Waals surface area contributed by atoms with E-state index in [2.05, 4.69) is 11.0 Å². The van der Waals surface area contributed by atoms with Gasteiger partial charge in [-0.15, -0.1) is 0 Å². The van der Waals surface area contributed by atoms with Crippen molar-refractivity contribution in [2.24, 2.45) is 0 Å². The molecule has 0 aliphatic carbocycles. The van der Waals surface area contributed by atoms with Crippen molar-refractivity contribution in [3.8, 4) is 0 Å². The summed E-state index contributed by atoms with van der Waals surface area (Å²) < 4.78 is 13.5. The molecule has 0 bridgehead atoms. The van der Waals surface area contributed by atoms with E-state index >= 15 is 0 Å². The van der Waals surface area contributed by atoms with Crippen LogP contribution in [0.5, 0.6) is 0 Å². The lowest BCUT2D eigenvalue weighted by molar-refractivity contribution is -0.131. The number of carbonyl (C=O) groups excluding carboxylic acids is 1. The number of piperidine rings is 1. The monoisotopic (exact) mass is 330 g/mol. The molecule has 1 atom stereocenters.